The highest BCUT2D eigenvalue weighted by atomic mass is 32.2. The van der Waals surface area contributed by atoms with Crippen LogP contribution in [0.25, 0.3) is 0 Å². The predicted molar refractivity (Wildman–Crippen MR) is 155 cm³/mol. The van der Waals surface area contributed by atoms with Crippen LogP contribution in [0.5, 0.6) is 5.75 Å². The summed E-state index contributed by atoms with van der Waals surface area (Å²) < 4.78 is 75.6. The van der Waals surface area contributed by atoms with Crippen molar-refractivity contribution in [2.24, 2.45) is 5.92 Å². The van der Waals surface area contributed by atoms with Gasteiger partial charge in [0, 0.05) is 30.8 Å². The molecule has 0 bridgehead atoms. The third-order valence-electron chi connectivity index (χ3n) is 7.18. The molecule has 3 aromatic rings. The molecule has 0 saturated heterocycles. The van der Waals surface area contributed by atoms with Gasteiger partial charge in [-0.25, -0.2) is 21.2 Å². The first-order valence-corrected chi connectivity index (χ1v) is 16.2. The van der Waals surface area contributed by atoms with Gasteiger partial charge in [0.25, 0.3) is 10.0 Å². The van der Waals surface area contributed by atoms with Crippen LogP contribution in [-0.4, -0.2) is 75.9 Å². The summed E-state index contributed by atoms with van der Waals surface area (Å²) in [5, 5.41) is 9.85. The topological polar surface area (TPSA) is 133 Å². The minimum absolute atomic E-state index is 0.0354. The third-order valence-corrected chi connectivity index (χ3v) is 10.4. The Morgan fingerprint density at radius 2 is 1.71 bits per heavy atom. The first-order chi connectivity index (χ1) is 19.8. The number of ether oxygens (including phenoxy) is 1. The first-order valence-electron chi connectivity index (χ1n) is 13.3. The standard InChI is InChI=1S/C29H34FN3O7S2/c1-20-17-33(21(2)19-34)29(35)16-22-15-24(31-41(36,37)25-12-9-23(30)10-13-25)11-14-27(22)40-28(20)18-32(3)42(38,39)26-7-5-4-6-8-26/h4-15,20-21,28,31,34H,16-19H2,1-3H3/t20-,21+,28-/m0/s1. The van der Waals surface area contributed by atoms with E-state index in [1.54, 1.807) is 25.1 Å². The van der Waals surface area contributed by atoms with Gasteiger partial charge in [0.2, 0.25) is 15.9 Å². The lowest BCUT2D eigenvalue weighted by Gasteiger charge is -2.33. The maximum atomic E-state index is 13.4. The highest BCUT2D eigenvalue weighted by molar-refractivity contribution is 7.92. The molecule has 3 aromatic carbocycles. The smallest absolute Gasteiger partial charge is 0.261 e. The number of amides is 1. The predicted octanol–water partition coefficient (Wildman–Crippen LogP) is 3.10. The molecule has 1 heterocycles. The van der Waals surface area contributed by atoms with E-state index in [4.69, 9.17) is 4.74 Å². The molecule has 42 heavy (non-hydrogen) atoms. The van der Waals surface area contributed by atoms with Gasteiger partial charge in [-0.15, -0.1) is 0 Å². The number of fused-ring (bicyclic) bond motifs is 1. The average Bonchev–Trinajstić information content (AvgIpc) is 3.00. The number of carbonyl (C=O) groups excluding carboxylic acids is 1. The molecule has 1 aliphatic heterocycles. The maximum absolute atomic E-state index is 13.4. The zero-order valence-electron chi connectivity index (χ0n) is 23.5. The fourth-order valence-corrected chi connectivity index (χ4v) is 6.92. The van der Waals surface area contributed by atoms with Crippen molar-refractivity contribution in [2.45, 2.75) is 42.2 Å². The van der Waals surface area contributed by atoms with Crippen molar-refractivity contribution < 1.29 is 35.9 Å². The second kappa shape index (κ2) is 12.8. The van der Waals surface area contributed by atoms with Crippen LogP contribution in [0.15, 0.2) is 82.6 Å². The van der Waals surface area contributed by atoms with E-state index in [0.29, 0.717) is 11.3 Å². The van der Waals surface area contributed by atoms with Crippen molar-refractivity contribution >= 4 is 31.6 Å². The van der Waals surface area contributed by atoms with E-state index >= 15 is 0 Å². The van der Waals surface area contributed by atoms with E-state index < -0.39 is 38.0 Å². The minimum Gasteiger partial charge on any atom is -0.488 e. The van der Waals surface area contributed by atoms with Crippen molar-refractivity contribution in [1.29, 1.82) is 0 Å². The Labute approximate surface area is 245 Å². The summed E-state index contributed by atoms with van der Waals surface area (Å²) in [6, 6.07) is 16.3. The van der Waals surface area contributed by atoms with Gasteiger partial charge < -0.3 is 14.7 Å². The van der Waals surface area contributed by atoms with Gasteiger partial charge in [-0.05, 0) is 61.5 Å². The van der Waals surface area contributed by atoms with Gasteiger partial charge in [0.15, 0.2) is 0 Å². The van der Waals surface area contributed by atoms with Crippen LogP contribution >= 0.6 is 0 Å². The van der Waals surface area contributed by atoms with Crippen LogP contribution in [0, 0.1) is 11.7 Å². The van der Waals surface area contributed by atoms with Gasteiger partial charge in [0.1, 0.15) is 17.7 Å². The second-order valence-electron chi connectivity index (χ2n) is 10.4. The maximum Gasteiger partial charge on any atom is 0.261 e. The number of sulfonamides is 2. The number of anilines is 1. The summed E-state index contributed by atoms with van der Waals surface area (Å²) in [5.41, 5.74) is 0.533. The molecule has 0 fully saturated rings. The molecule has 0 saturated carbocycles. The molecule has 13 heteroatoms. The van der Waals surface area contributed by atoms with Crippen LogP contribution in [0.1, 0.15) is 19.4 Å². The van der Waals surface area contributed by atoms with Crippen LogP contribution in [-0.2, 0) is 31.3 Å². The van der Waals surface area contributed by atoms with E-state index in [-0.39, 0.29) is 53.4 Å². The molecule has 10 nitrogen and oxygen atoms in total. The van der Waals surface area contributed by atoms with Crippen LogP contribution in [0.2, 0.25) is 0 Å². The lowest BCUT2D eigenvalue weighted by Crippen LogP contribution is -2.48. The number of hydrogen-bond acceptors (Lipinski definition) is 7. The van der Waals surface area contributed by atoms with E-state index in [9.17, 15) is 31.1 Å². The number of likely N-dealkylation sites (N-methyl/N-ethyl adjacent to an activating group) is 1. The number of nitrogens with one attached hydrogen (secondary N) is 1. The lowest BCUT2D eigenvalue weighted by molar-refractivity contribution is -0.134. The Bertz CT molecular complexity index is 1620. The fourth-order valence-electron chi connectivity index (χ4n) is 4.66. The molecular formula is C29H34FN3O7S2. The number of carbonyl (C=O) groups is 1. The van der Waals surface area contributed by atoms with Crippen LogP contribution < -0.4 is 9.46 Å². The number of aliphatic hydroxyl groups excluding tert-OH is 1. The van der Waals surface area contributed by atoms with Crippen LogP contribution in [0.4, 0.5) is 10.1 Å². The molecule has 0 aliphatic carbocycles. The average molecular weight is 620 g/mol. The zero-order valence-corrected chi connectivity index (χ0v) is 25.1. The third kappa shape index (κ3) is 7.09. The van der Waals surface area contributed by atoms with Crippen molar-refractivity contribution in [3.05, 3.63) is 84.2 Å². The highest BCUT2D eigenvalue weighted by Gasteiger charge is 2.33. The van der Waals surface area contributed by atoms with E-state index in [1.165, 1.54) is 46.6 Å². The zero-order chi connectivity index (χ0) is 30.7. The number of benzene rings is 3. The quantitative estimate of drug-likeness (QED) is 0.376. The molecular weight excluding hydrogens is 585 g/mol. The second-order valence-corrected chi connectivity index (χ2v) is 14.1. The van der Waals surface area contributed by atoms with Gasteiger partial charge in [0.05, 0.1) is 35.4 Å². The van der Waals surface area contributed by atoms with Gasteiger partial charge >= 0.3 is 0 Å². The summed E-state index contributed by atoms with van der Waals surface area (Å²) in [7, 11) is -6.44. The molecule has 1 aliphatic rings. The number of halogens is 1. The number of rotatable bonds is 9. The molecule has 0 spiro atoms. The Morgan fingerprint density at radius 3 is 2.36 bits per heavy atom. The summed E-state index contributed by atoms with van der Waals surface area (Å²) in [5.74, 6) is -0.931. The largest absolute Gasteiger partial charge is 0.488 e. The lowest BCUT2D eigenvalue weighted by atomic mass is 10.0. The Balaban J connectivity index is 1.68. The summed E-state index contributed by atoms with van der Waals surface area (Å²) in [6.45, 7) is 3.43. The van der Waals surface area contributed by atoms with Gasteiger partial charge in [-0.1, -0.05) is 25.1 Å². The number of hydrogen-bond donors (Lipinski definition) is 2. The normalized spacial score (nSPS) is 18.8. The first kappa shape index (κ1) is 31.4. The molecule has 1 amide bonds. The summed E-state index contributed by atoms with van der Waals surface area (Å²) >= 11 is 0. The van der Waals surface area contributed by atoms with Crippen LogP contribution in [0.3, 0.4) is 0 Å². The Morgan fingerprint density at radius 1 is 1.05 bits per heavy atom. The molecule has 0 aromatic heterocycles. The molecule has 2 N–H and O–H groups in total. The molecule has 226 valence electrons. The monoisotopic (exact) mass is 619 g/mol. The van der Waals surface area contributed by atoms with Crippen molar-refractivity contribution in [3.8, 4) is 5.75 Å². The summed E-state index contributed by atoms with van der Waals surface area (Å²) in [4.78, 5) is 14.9. The SMILES string of the molecule is C[C@H](CO)N1C[C@H](C)[C@H](CN(C)S(=O)(=O)c2ccccc2)Oc2ccc(NS(=O)(=O)c3ccc(F)cc3)cc2CC1=O. The Hall–Kier alpha value is -3.52. The molecule has 0 unspecified atom stereocenters. The highest BCUT2D eigenvalue weighted by Crippen LogP contribution is 2.30. The number of nitrogens with zero attached hydrogens (tertiary/aromatic N) is 2. The van der Waals surface area contributed by atoms with Gasteiger partial charge in [-0.3, -0.25) is 9.52 Å². The van der Waals surface area contributed by atoms with Crippen molar-refractivity contribution in [1.82, 2.24) is 9.21 Å². The molecule has 4 rings (SSSR count). The van der Waals surface area contributed by atoms with Crippen molar-refractivity contribution in [2.75, 3.05) is 31.5 Å². The van der Waals surface area contributed by atoms with Crippen molar-refractivity contribution in [3.63, 3.8) is 0 Å². The molecule has 0 radical (unpaired) electrons. The molecule has 3 atom stereocenters. The summed E-state index contributed by atoms with van der Waals surface area (Å²) in [6.07, 6.45) is -0.850. The van der Waals surface area contributed by atoms with E-state index in [2.05, 4.69) is 4.72 Å². The fraction of sp³-hybridized carbons (Fsp3) is 0.345. The minimum atomic E-state index is -4.06. The number of aliphatic hydroxyl groups is 1. The Kier molecular flexibility index (Phi) is 9.56. The van der Waals surface area contributed by atoms with E-state index in [0.717, 1.165) is 24.3 Å². The van der Waals surface area contributed by atoms with E-state index in [1.807, 2.05) is 6.92 Å². The van der Waals surface area contributed by atoms with Gasteiger partial charge in [-0.2, -0.15) is 4.31 Å².